The van der Waals surface area contributed by atoms with Crippen LogP contribution < -0.4 is 0 Å². The van der Waals surface area contributed by atoms with Gasteiger partial charge >= 0.3 is 0 Å². The van der Waals surface area contributed by atoms with E-state index in [9.17, 15) is 4.79 Å². The van der Waals surface area contributed by atoms with Crippen molar-refractivity contribution in [3.05, 3.63) is 34.4 Å². The number of hydrogen-bond donors (Lipinski definition) is 0. The van der Waals surface area contributed by atoms with E-state index < -0.39 is 0 Å². The van der Waals surface area contributed by atoms with Gasteiger partial charge in [0.1, 0.15) is 0 Å². The summed E-state index contributed by atoms with van der Waals surface area (Å²) in [5.74, 6) is 0.824. The van der Waals surface area contributed by atoms with Crippen LogP contribution in [0.25, 0.3) is 0 Å². The Hall–Kier alpha value is -1.35. The molecule has 1 saturated heterocycles. The molecular weight excluding hydrogens is 322 g/mol. The molecule has 3 nitrogen and oxygen atoms in total. The molecule has 0 aromatic heterocycles. The molecule has 1 aromatic rings. The summed E-state index contributed by atoms with van der Waals surface area (Å²) in [5.41, 5.74) is 5.01. The van der Waals surface area contributed by atoms with E-state index in [-0.39, 0.29) is 5.91 Å². The van der Waals surface area contributed by atoms with Gasteiger partial charge in [-0.25, -0.2) is 0 Å². The SMILES string of the molecule is CCc1cc(CCOC)c(C2CCCCC2)c(C(=O)N2CCCCC2)c1. The van der Waals surface area contributed by atoms with Gasteiger partial charge in [-0.05, 0) is 73.6 Å². The fraction of sp³-hybridized carbons (Fsp3) is 0.696. The molecule has 1 heterocycles. The number of methoxy groups -OCH3 is 1. The van der Waals surface area contributed by atoms with Crippen LogP contribution in [0.2, 0.25) is 0 Å². The van der Waals surface area contributed by atoms with Crippen LogP contribution in [0.3, 0.4) is 0 Å². The minimum absolute atomic E-state index is 0.277. The predicted molar refractivity (Wildman–Crippen MR) is 107 cm³/mol. The van der Waals surface area contributed by atoms with E-state index >= 15 is 0 Å². The lowest BCUT2D eigenvalue weighted by atomic mass is 9.78. The zero-order valence-electron chi connectivity index (χ0n) is 16.7. The molecule has 0 radical (unpaired) electrons. The number of benzene rings is 1. The highest BCUT2D eigenvalue weighted by atomic mass is 16.5. The minimum Gasteiger partial charge on any atom is -0.384 e. The van der Waals surface area contributed by atoms with Crippen LogP contribution in [0.5, 0.6) is 0 Å². The van der Waals surface area contributed by atoms with Crippen molar-refractivity contribution in [3.63, 3.8) is 0 Å². The van der Waals surface area contributed by atoms with Gasteiger partial charge in [-0.1, -0.05) is 32.3 Å². The van der Waals surface area contributed by atoms with Gasteiger partial charge in [0.15, 0.2) is 0 Å². The standard InChI is InChI=1S/C23H35NO2/c1-3-18-16-20(12-15-26-2)22(19-10-6-4-7-11-19)21(17-18)23(25)24-13-8-5-9-14-24/h16-17,19H,3-15H2,1-2H3. The van der Waals surface area contributed by atoms with Crippen LogP contribution in [-0.4, -0.2) is 37.6 Å². The number of likely N-dealkylation sites (tertiary alicyclic amines) is 1. The summed E-state index contributed by atoms with van der Waals surface area (Å²) < 4.78 is 5.38. The highest BCUT2D eigenvalue weighted by Gasteiger charge is 2.28. The summed E-state index contributed by atoms with van der Waals surface area (Å²) in [6, 6.07) is 4.55. The fourth-order valence-corrected chi connectivity index (χ4v) is 4.72. The van der Waals surface area contributed by atoms with Gasteiger partial charge in [-0.3, -0.25) is 4.79 Å². The zero-order chi connectivity index (χ0) is 18.4. The molecule has 3 heteroatoms. The molecule has 2 aliphatic rings. The van der Waals surface area contributed by atoms with E-state index in [1.807, 2.05) is 0 Å². The third-order valence-electron chi connectivity index (χ3n) is 6.20. The largest absolute Gasteiger partial charge is 0.384 e. The Bertz CT molecular complexity index is 598. The third kappa shape index (κ3) is 4.49. The first-order valence-electron chi connectivity index (χ1n) is 10.7. The second-order valence-electron chi connectivity index (χ2n) is 8.00. The van der Waals surface area contributed by atoms with Crippen molar-refractivity contribution in [2.75, 3.05) is 26.8 Å². The minimum atomic E-state index is 0.277. The van der Waals surface area contributed by atoms with Gasteiger partial charge in [0.05, 0.1) is 6.61 Å². The number of hydrogen-bond acceptors (Lipinski definition) is 2. The molecule has 1 aliphatic heterocycles. The first-order valence-corrected chi connectivity index (χ1v) is 10.7. The van der Waals surface area contributed by atoms with Crippen molar-refractivity contribution in [1.82, 2.24) is 4.90 Å². The van der Waals surface area contributed by atoms with Crippen molar-refractivity contribution in [2.24, 2.45) is 0 Å². The summed E-state index contributed by atoms with van der Waals surface area (Å²) >= 11 is 0. The molecule has 3 rings (SSSR count). The molecule has 1 saturated carbocycles. The van der Waals surface area contributed by atoms with Gasteiger partial charge in [0.25, 0.3) is 5.91 Å². The van der Waals surface area contributed by atoms with E-state index in [1.54, 1.807) is 7.11 Å². The zero-order valence-corrected chi connectivity index (χ0v) is 16.7. The molecule has 0 atom stereocenters. The molecule has 144 valence electrons. The first-order chi connectivity index (χ1) is 12.7. The summed E-state index contributed by atoms with van der Waals surface area (Å²) in [5, 5.41) is 0. The van der Waals surface area contributed by atoms with Crippen molar-refractivity contribution >= 4 is 5.91 Å². The predicted octanol–water partition coefficient (Wildman–Crippen LogP) is 5.11. The Morgan fingerprint density at radius 2 is 1.77 bits per heavy atom. The number of rotatable bonds is 6. The maximum atomic E-state index is 13.5. The first kappa shape index (κ1) is 19.4. The second kappa shape index (κ2) is 9.55. The van der Waals surface area contributed by atoms with Crippen molar-refractivity contribution in [1.29, 1.82) is 0 Å². The second-order valence-corrected chi connectivity index (χ2v) is 8.00. The molecule has 1 amide bonds. The summed E-state index contributed by atoms with van der Waals surface area (Å²) in [6.07, 6.45) is 11.8. The van der Waals surface area contributed by atoms with Crippen LogP contribution in [-0.2, 0) is 17.6 Å². The van der Waals surface area contributed by atoms with Crippen LogP contribution in [0.4, 0.5) is 0 Å². The molecule has 0 spiro atoms. The van der Waals surface area contributed by atoms with Gasteiger partial charge in [-0.15, -0.1) is 0 Å². The fourth-order valence-electron chi connectivity index (χ4n) is 4.72. The normalized spacial score (nSPS) is 18.9. The Balaban J connectivity index is 2.01. The van der Waals surface area contributed by atoms with Gasteiger partial charge in [-0.2, -0.15) is 0 Å². The molecule has 26 heavy (non-hydrogen) atoms. The van der Waals surface area contributed by atoms with Crippen molar-refractivity contribution in [2.45, 2.75) is 77.0 Å². The third-order valence-corrected chi connectivity index (χ3v) is 6.20. The Morgan fingerprint density at radius 1 is 1.08 bits per heavy atom. The van der Waals surface area contributed by atoms with Gasteiger partial charge < -0.3 is 9.64 Å². The highest BCUT2D eigenvalue weighted by Crippen LogP contribution is 2.38. The molecule has 0 bridgehead atoms. The van der Waals surface area contributed by atoms with Gasteiger partial charge in [0.2, 0.25) is 0 Å². The molecule has 0 N–H and O–H groups in total. The number of nitrogens with zero attached hydrogens (tertiary/aromatic N) is 1. The lowest BCUT2D eigenvalue weighted by Gasteiger charge is -2.31. The maximum Gasteiger partial charge on any atom is 0.254 e. The van der Waals surface area contributed by atoms with E-state index in [0.29, 0.717) is 5.92 Å². The number of carbonyl (C=O) groups is 1. The lowest BCUT2D eigenvalue weighted by Crippen LogP contribution is -2.36. The number of amides is 1. The van der Waals surface area contributed by atoms with Crippen molar-refractivity contribution < 1.29 is 9.53 Å². The van der Waals surface area contributed by atoms with E-state index in [1.165, 1.54) is 55.2 Å². The maximum absolute atomic E-state index is 13.5. The molecule has 1 aliphatic carbocycles. The lowest BCUT2D eigenvalue weighted by molar-refractivity contribution is 0.0722. The van der Waals surface area contributed by atoms with E-state index in [4.69, 9.17) is 4.74 Å². The topological polar surface area (TPSA) is 29.5 Å². The summed E-state index contributed by atoms with van der Waals surface area (Å²) in [7, 11) is 1.77. The molecular formula is C23H35NO2. The average molecular weight is 358 g/mol. The Kier molecular flexibility index (Phi) is 7.13. The van der Waals surface area contributed by atoms with Gasteiger partial charge in [0, 0.05) is 25.8 Å². The van der Waals surface area contributed by atoms with Crippen molar-refractivity contribution in [3.8, 4) is 0 Å². The number of aryl methyl sites for hydroxylation is 1. The van der Waals surface area contributed by atoms with Crippen LogP contribution >= 0.6 is 0 Å². The highest BCUT2D eigenvalue weighted by molar-refractivity contribution is 5.96. The number of piperidine rings is 1. The van der Waals surface area contributed by atoms with E-state index in [2.05, 4.69) is 24.0 Å². The smallest absolute Gasteiger partial charge is 0.254 e. The Labute approximate surface area is 159 Å². The molecule has 0 unspecified atom stereocenters. The molecule has 2 fully saturated rings. The Morgan fingerprint density at radius 3 is 2.42 bits per heavy atom. The quantitative estimate of drug-likeness (QED) is 0.708. The van der Waals surface area contributed by atoms with E-state index in [0.717, 1.165) is 50.9 Å². The monoisotopic (exact) mass is 357 g/mol. The van der Waals surface area contributed by atoms with Crippen LogP contribution in [0.15, 0.2) is 12.1 Å². The summed E-state index contributed by atoms with van der Waals surface area (Å²) in [6.45, 7) is 4.76. The summed E-state index contributed by atoms with van der Waals surface area (Å²) in [4.78, 5) is 15.6. The number of ether oxygens (including phenoxy) is 1. The molecule has 1 aromatic carbocycles. The van der Waals surface area contributed by atoms with Crippen LogP contribution in [0.1, 0.15) is 91.3 Å². The van der Waals surface area contributed by atoms with Crippen LogP contribution in [0, 0.1) is 0 Å². The number of carbonyl (C=O) groups excluding carboxylic acids is 1. The average Bonchev–Trinajstić information content (AvgIpc) is 2.72.